The highest BCUT2D eigenvalue weighted by atomic mass is 16.5. The first-order chi connectivity index (χ1) is 8.76. The summed E-state index contributed by atoms with van der Waals surface area (Å²) in [6.07, 6.45) is 0.0758. The lowest BCUT2D eigenvalue weighted by Gasteiger charge is -2.23. The third-order valence-electron chi connectivity index (χ3n) is 3.22. The molecule has 0 radical (unpaired) electrons. The van der Waals surface area contributed by atoms with Crippen LogP contribution in [0, 0.1) is 5.41 Å². The highest BCUT2D eigenvalue weighted by Crippen LogP contribution is 2.23. The predicted octanol–water partition coefficient (Wildman–Crippen LogP) is 0.444. The molecule has 7 nitrogen and oxygen atoms in total. The summed E-state index contributed by atoms with van der Waals surface area (Å²) in [5.74, 6) is -1.20. The minimum Gasteiger partial charge on any atom is -0.481 e. The minimum absolute atomic E-state index is 0.0483. The van der Waals surface area contributed by atoms with Crippen LogP contribution >= 0.6 is 0 Å². The van der Waals surface area contributed by atoms with E-state index in [1.807, 2.05) is 0 Å². The normalized spacial score (nSPS) is 19.1. The Morgan fingerprint density at radius 2 is 2.05 bits per heavy atom. The fourth-order valence-corrected chi connectivity index (χ4v) is 1.90. The van der Waals surface area contributed by atoms with Gasteiger partial charge >= 0.3 is 12.1 Å². The lowest BCUT2D eigenvalue weighted by atomic mass is 9.89. The third kappa shape index (κ3) is 4.11. The van der Waals surface area contributed by atoms with Gasteiger partial charge in [0.25, 0.3) is 0 Å². The molecular weight excluding hydrogens is 252 g/mol. The molecule has 1 unspecified atom stereocenters. The van der Waals surface area contributed by atoms with E-state index in [0.29, 0.717) is 19.5 Å². The molecule has 0 aromatic heterocycles. The third-order valence-corrected chi connectivity index (χ3v) is 3.22. The second-order valence-electron chi connectivity index (χ2n) is 5.33. The summed E-state index contributed by atoms with van der Waals surface area (Å²) < 4.78 is 4.49. The number of carbonyl (C=O) groups excluding carboxylic acids is 2. The predicted molar refractivity (Wildman–Crippen MR) is 66.6 cm³/mol. The number of carboxylic acid groups (broad SMARTS) is 1. The van der Waals surface area contributed by atoms with Crippen molar-refractivity contribution >= 4 is 18.0 Å². The summed E-state index contributed by atoms with van der Waals surface area (Å²) in [6.45, 7) is 3.95. The standard InChI is InChI=1S/C12H20N2O5/c1-12(2,10(16)17)6-9(15)14-5-4-8(7-14)13-11(18)19-3/h8H,4-7H2,1-3H3,(H,13,18)(H,16,17). The maximum Gasteiger partial charge on any atom is 0.407 e. The van der Waals surface area contributed by atoms with Crippen molar-refractivity contribution in [3.8, 4) is 0 Å². The molecule has 0 aromatic rings. The maximum atomic E-state index is 12.0. The number of likely N-dealkylation sites (tertiary alicyclic amines) is 1. The van der Waals surface area contributed by atoms with E-state index in [2.05, 4.69) is 10.1 Å². The fraction of sp³-hybridized carbons (Fsp3) is 0.750. The van der Waals surface area contributed by atoms with Crippen LogP contribution in [0.3, 0.4) is 0 Å². The van der Waals surface area contributed by atoms with Crippen LogP contribution in [0.5, 0.6) is 0 Å². The lowest BCUT2D eigenvalue weighted by Crippen LogP contribution is -2.40. The molecule has 19 heavy (non-hydrogen) atoms. The van der Waals surface area contributed by atoms with Gasteiger partial charge < -0.3 is 20.1 Å². The minimum atomic E-state index is -1.08. The van der Waals surface area contributed by atoms with Gasteiger partial charge in [-0.2, -0.15) is 0 Å². The summed E-state index contributed by atoms with van der Waals surface area (Å²) in [4.78, 5) is 35.6. The molecule has 1 rings (SSSR count). The van der Waals surface area contributed by atoms with Crippen LogP contribution in [0.25, 0.3) is 0 Å². The molecule has 1 aliphatic heterocycles. The molecule has 7 heteroatoms. The Hall–Kier alpha value is -1.79. The molecule has 2 N–H and O–H groups in total. The zero-order valence-corrected chi connectivity index (χ0v) is 11.4. The van der Waals surface area contributed by atoms with Gasteiger partial charge in [0, 0.05) is 19.5 Å². The van der Waals surface area contributed by atoms with Crippen molar-refractivity contribution in [1.29, 1.82) is 0 Å². The van der Waals surface area contributed by atoms with Gasteiger partial charge in [-0.1, -0.05) is 0 Å². The Kier molecular flexibility index (Phi) is 4.74. The average molecular weight is 272 g/mol. The largest absolute Gasteiger partial charge is 0.481 e. The SMILES string of the molecule is COC(=O)NC1CCN(C(=O)CC(C)(C)C(=O)O)C1. The zero-order valence-electron chi connectivity index (χ0n) is 11.4. The number of rotatable bonds is 4. The molecule has 0 spiro atoms. The van der Waals surface area contributed by atoms with Crippen LogP contribution in [-0.2, 0) is 14.3 Å². The van der Waals surface area contributed by atoms with Gasteiger partial charge in [0.15, 0.2) is 0 Å². The van der Waals surface area contributed by atoms with E-state index in [-0.39, 0.29) is 18.4 Å². The number of ether oxygens (including phenoxy) is 1. The number of hydrogen-bond acceptors (Lipinski definition) is 4. The van der Waals surface area contributed by atoms with E-state index >= 15 is 0 Å². The first-order valence-electron chi connectivity index (χ1n) is 6.12. The molecule has 0 saturated carbocycles. The van der Waals surface area contributed by atoms with Crippen molar-refractivity contribution in [2.75, 3.05) is 20.2 Å². The first kappa shape index (κ1) is 15.3. The molecule has 1 fully saturated rings. The van der Waals surface area contributed by atoms with Crippen molar-refractivity contribution in [1.82, 2.24) is 10.2 Å². The Labute approximate surface area is 111 Å². The van der Waals surface area contributed by atoms with Crippen LogP contribution in [-0.4, -0.2) is 54.2 Å². The van der Waals surface area contributed by atoms with Gasteiger partial charge in [-0.15, -0.1) is 0 Å². The quantitative estimate of drug-likeness (QED) is 0.774. The van der Waals surface area contributed by atoms with Crippen molar-refractivity contribution < 1.29 is 24.2 Å². The summed E-state index contributed by atoms with van der Waals surface area (Å²) in [6, 6.07) is -0.135. The highest BCUT2D eigenvalue weighted by Gasteiger charge is 2.34. The fourth-order valence-electron chi connectivity index (χ4n) is 1.90. The summed E-state index contributed by atoms with van der Waals surface area (Å²) in [5, 5.41) is 11.6. The number of carbonyl (C=O) groups is 3. The summed E-state index contributed by atoms with van der Waals surface area (Å²) in [5.41, 5.74) is -1.08. The van der Waals surface area contributed by atoms with E-state index < -0.39 is 17.5 Å². The molecule has 108 valence electrons. The number of nitrogens with zero attached hydrogens (tertiary/aromatic N) is 1. The molecule has 2 amide bonds. The molecule has 1 heterocycles. The lowest BCUT2D eigenvalue weighted by molar-refractivity contribution is -0.151. The topological polar surface area (TPSA) is 95.9 Å². The zero-order chi connectivity index (χ0) is 14.6. The Balaban J connectivity index is 2.48. The molecule has 0 bridgehead atoms. The highest BCUT2D eigenvalue weighted by molar-refractivity contribution is 5.84. The molecule has 0 aliphatic carbocycles. The molecule has 0 aromatic carbocycles. The number of amides is 2. The van der Waals surface area contributed by atoms with Gasteiger partial charge in [-0.3, -0.25) is 9.59 Å². The Bertz CT molecular complexity index is 380. The van der Waals surface area contributed by atoms with Crippen LogP contribution < -0.4 is 5.32 Å². The van der Waals surface area contributed by atoms with Crippen molar-refractivity contribution in [3.05, 3.63) is 0 Å². The first-order valence-corrected chi connectivity index (χ1v) is 6.12. The summed E-state index contributed by atoms with van der Waals surface area (Å²) >= 11 is 0. The second-order valence-corrected chi connectivity index (χ2v) is 5.33. The van der Waals surface area contributed by atoms with Gasteiger partial charge in [0.2, 0.25) is 5.91 Å². The molecule has 1 atom stereocenters. The van der Waals surface area contributed by atoms with Gasteiger partial charge in [0.05, 0.1) is 18.6 Å². The van der Waals surface area contributed by atoms with E-state index in [9.17, 15) is 14.4 Å². The Morgan fingerprint density at radius 3 is 2.58 bits per heavy atom. The number of nitrogens with one attached hydrogen (secondary N) is 1. The smallest absolute Gasteiger partial charge is 0.407 e. The van der Waals surface area contributed by atoms with Crippen LogP contribution in [0.1, 0.15) is 26.7 Å². The summed E-state index contributed by atoms with van der Waals surface area (Å²) in [7, 11) is 1.28. The number of carboxylic acids is 1. The van der Waals surface area contributed by atoms with Gasteiger partial charge in [-0.05, 0) is 20.3 Å². The van der Waals surface area contributed by atoms with Crippen molar-refractivity contribution in [2.45, 2.75) is 32.7 Å². The molecule has 1 aliphatic rings. The van der Waals surface area contributed by atoms with Crippen molar-refractivity contribution in [2.24, 2.45) is 5.41 Å². The van der Waals surface area contributed by atoms with E-state index in [1.54, 1.807) is 4.90 Å². The van der Waals surface area contributed by atoms with Crippen LogP contribution in [0.4, 0.5) is 4.79 Å². The maximum absolute atomic E-state index is 12.0. The van der Waals surface area contributed by atoms with E-state index in [0.717, 1.165) is 0 Å². The van der Waals surface area contributed by atoms with E-state index in [1.165, 1.54) is 21.0 Å². The van der Waals surface area contributed by atoms with Gasteiger partial charge in [-0.25, -0.2) is 4.79 Å². The second kappa shape index (κ2) is 5.90. The van der Waals surface area contributed by atoms with E-state index in [4.69, 9.17) is 5.11 Å². The molecular formula is C12H20N2O5. The van der Waals surface area contributed by atoms with Gasteiger partial charge in [0.1, 0.15) is 0 Å². The van der Waals surface area contributed by atoms with Crippen molar-refractivity contribution in [3.63, 3.8) is 0 Å². The Morgan fingerprint density at radius 1 is 1.42 bits per heavy atom. The number of methoxy groups -OCH3 is 1. The number of aliphatic carboxylic acids is 1. The number of alkyl carbamates (subject to hydrolysis) is 1. The van der Waals surface area contributed by atoms with Crippen LogP contribution in [0.2, 0.25) is 0 Å². The van der Waals surface area contributed by atoms with Crippen LogP contribution in [0.15, 0.2) is 0 Å². The number of hydrogen-bond donors (Lipinski definition) is 2. The molecule has 1 saturated heterocycles. The average Bonchev–Trinajstić information content (AvgIpc) is 2.76. The monoisotopic (exact) mass is 272 g/mol.